The molecule has 1 aromatic carbocycles. The minimum absolute atomic E-state index is 0.00461. The third kappa shape index (κ3) is 8.74. The number of nitrogens with one attached hydrogen (secondary N) is 3. The Morgan fingerprint density at radius 2 is 1.87 bits per heavy atom. The van der Waals surface area contributed by atoms with E-state index in [1.165, 1.54) is 19.4 Å². The molecule has 3 aliphatic heterocycles. The predicted octanol–water partition coefficient (Wildman–Crippen LogP) is 5.12. The molecule has 1 aromatic heterocycles. The van der Waals surface area contributed by atoms with Gasteiger partial charge in [0.25, 0.3) is 5.91 Å². The topological polar surface area (TPSA) is 192 Å². The van der Waals surface area contributed by atoms with Gasteiger partial charge in [0.1, 0.15) is 35.1 Å². The van der Waals surface area contributed by atoms with Crippen LogP contribution in [0.5, 0.6) is 11.6 Å². The van der Waals surface area contributed by atoms with Crippen LogP contribution in [0.1, 0.15) is 78.1 Å². The standard InChI is InChI=1S/C41H50F5N5O10S/c1-23-8-4-5-9-26-20-39(26,36(54)50-62(56,57)38(22-42)12-13-38)49-33(52)30-18-27(60-34-28-19-29(43)31(58-3)17-25(28)10-14-47-34)21-51(30)35(53)32(24(2)16-23)48-37(55)61-40(41(44,45)46)11-6-7-15-59-40/h5,9-10,14,17,19,23-24,26-27,30,32H,4,6-8,11-13,15-16,18,20-22H2,1-3H3,(H,48,55)(H,49,52)(H,50,54)/b9-5-/t23-,24-,26-,27-,30+,32+,39-,40?/m1/s1. The molecule has 0 spiro atoms. The zero-order chi connectivity index (χ0) is 44.8. The van der Waals surface area contributed by atoms with Crippen LogP contribution in [0, 0.1) is 23.6 Å². The molecule has 0 bridgehead atoms. The highest BCUT2D eigenvalue weighted by Crippen LogP contribution is 2.48. The molecule has 2 aromatic rings. The highest BCUT2D eigenvalue weighted by molar-refractivity contribution is 7.91. The molecule has 15 nitrogen and oxygen atoms in total. The Balaban J connectivity index is 1.23. The van der Waals surface area contributed by atoms with Crippen molar-refractivity contribution < 1.29 is 68.5 Å². The summed E-state index contributed by atoms with van der Waals surface area (Å²) in [6, 6.07) is 1.13. The minimum atomic E-state index is -5.11. The molecule has 5 aliphatic rings. The number of alkyl carbamates (subject to hydrolysis) is 1. The lowest BCUT2D eigenvalue weighted by Gasteiger charge is -2.38. The van der Waals surface area contributed by atoms with Crippen LogP contribution in [0.25, 0.3) is 10.8 Å². The number of methoxy groups -OCH3 is 1. The van der Waals surface area contributed by atoms with E-state index in [0.717, 1.165) is 11.0 Å². The van der Waals surface area contributed by atoms with Crippen molar-refractivity contribution in [2.75, 3.05) is 26.9 Å². The number of allylic oxidation sites excluding steroid dienone is 1. The fourth-order valence-corrected chi connectivity index (χ4v) is 10.2. The number of amides is 4. The smallest absolute Gasteiger partial charge is 0.455 e. The number of alkyl halides is 4. The second kappa shape index (κ2) is 17.1. The van der Waals surface area contributed by atoms with E-state index in [1.54, 1.807) is 25.1 Å². The van der Waals surface area contributed by atoms with Crippen LogP contribution in [0.2, 0.25) is 0 Å². The zero-order valence-corrected chi connectivity index (χ0v) is 35.2. The Morgan fingerprint density at radius 3 is 2.53 bits per heavy atom. The van der Waals surface area contributed by atoms with Crippen molar-refractivity contribution in [3.05, 3.63) is 42.4 Å². The number of fused-ring (bicyclic) bond motifs is 3. The molecule has 2 saturated carbocycles. The predicted molar refractivity (Wildman–Crippen MR) is 210 cm³/mol. The maximum absolute atomic E-state index is 14.9. The van der Waals surface area contributed by atoms with E-state index in [1.807, 2.05) is 11.6 Å². The molecule has 4 fully saturated rings. The number of ether oxygens (including phenoxy) is 4. The Labute approximate surface area is 354 Å². The number of halogens is 5. The van der Waals surface area contributed by atoms with Crippen molar-refractivity contribution in [1.82, 2.24) is 25.2 Å². The van der Waals surface area contributed by atoms with Gasteiger partial charge in [-0.3, -0.25) is 19.1 Å². The quantitative estimate of drug-likeness (QED) is 0.224. The third-order valence-corrected chi connectivity index (χ3v) is 14.9. The van der Waals surface area contributed by atoms with Crippen LogP contribution in [-0.2, 0) is 33.9 Å². The molecule has 2 saturated heterocycles. The summed E-state index contributed by atoms with van der Waals surface area (Å²) in [5, 5.41) is 5.75. The average Bonchev–Trinajstić information content (AvgIpc) is 4.12. The first-order chi connectivity index (χ1) is 29.3. The van der Waals surface area contributed by atoms with Crippen LogP contribution in [0.3, 0.4) is 0 Å². The molecule has 8 atom stereocenters. The van der Waals surface area contributed by atoms with Gasteiger partial charge in [0.05, 0.1) is 20.3 Å². The average molecular weight is 900 g/mol. The van der Waals surface area contributed by atoms with E-state index in [4.69, 9.17) is 18.9 Å². The first kappa shape index (κ1) is 45.2. The third-order valence-electron chi connectivity index (χ3n) is 12.7. The van der Waals surface area contributed by atoms with E-state index >= 15 is 0 Å². The number of benzene rings is 1. The number of sulfonamides is 1. The van der Waals surface area contributed by atoms with Crippen molar-refractivity contribution in [3.63, 3.8) is 0 Å². The van der Waals surface area contributed by atoms with Gasteiger partial charge < -0.3 is 34.5 Å². The normalized spacial score (nSPS) is 31.9. The van der Waals surface area contributed by atoms with E-state index < -0.39 is 105 Å². The Kier molecular flexibility index (Phi) is 12.4. The summed E-state index contributed by atoms with van der Waals surface area (Å²) < 4.78 is 120. The van der Waals surface area contributed by atoms with E-state index in [0.29, 0.717) is 24.6 Å². The summed E-state index contributed by atoms with van der Waals surface area (Å²) in [6.45, 7) is 1.63. The molecular formula is C41H50F5N5O10S. The summed E-state index contributed by atoms with van der Waals surface area (Å²) in [5.41, 5.74) is -1.82. The Morgan fingerprint density at radius 1 is 1.11 bits per heavy atom. The van der Waals surface area contributed by atoms with Crippen LogP contribution in [0.4, 0.5) is 26.7 Å². The molecule has 7 rings (SSSR count). The molecule has 21 heteroatoms. The number of hydrogen-bond acceptors (Lipinski definition) is 11. The van der Waals surface area contributed by atoms with E-state index in [2.05, 4.69) is 15.6 Å². The van der Waals surface area contributed by atoms with Crippen molar-refractivity contribution in [2.45, 2.75) is 118 Å². The summed E-state index contributed by atoms with van der Waals surface area (Å²) in [6.07, 6.45) is -2.15. The van der Waals surface area contributed by atoms with E-state index in [9.17, 15) is 49.5 Å². The van der Waals surface area contributed by atoms with Gasteiger partial charge in [0, 0.05) is 30.3 Å². The number of carbonyl (C=O) groups is 4. The number of carbonyl (C=O) groups excluding carboxylic acids is 4. The van der Waals surface area contributed by atoms with Gasteiger partial charge in [0.15, 0.2) is 11.6 Å². The summed E-state index contributed by atoms with van der Waals surface area (Å²) in [7, 11) is -3.20. The van der Waals surface area contributed by atoms with Gasteiger partial charge >= 0.3 is 18.1 Å². The maximum Gasteiger partial charge on any atom is 0.455 e. The van der Waals surface area contributed by atoms with Gasteiger partial charge in [-0.15, -0.1) is 0 Å². The lowest BCUT2D eigenvalue weighted by Crippen LogP contribution is -2.60. The van der Waals surface area contributed by atoms with Crippen molar-refractivity contribution >= 4 is 44.6 Å². The number of nitrogens with zero attached hydrogens (tertiary/aromatic N) is 2. The highest BCUT2D eigenvalue weighted by atomic mass is 32.2. The van der Waals surface area contributed by atoms with Crippen LogP contribution in [-0.4, -0.2) is 109 Å². The molecule has 4 amide bonds. The zero-order valence-electron chi connectivity index (χ0n) is 34.4. The van der Waals surface area contributed by atoms with Crippen molar-refractivity contribution in [1.29, 1.82) is 0 Å². The molecule has 1 unspecified atom stereocenters. The minimum Gasteiger partial charge on any atom is -0.494 e. The highest BCUT2D eigenvalue weighted by Gasteiger charge is 2.64. The molecule has 2 aliphatic carbocycles. The Bertz CT molecular complexity index is 2220. The molecule has 62 heavy (non-hydrogen) atoms. The van der Waals surface area contributed by atoms with Gasteiger partial charge in [0.2, 0.25) is 27.7 Å². The molecular weight excluding hydrogens is 850 g/mol. The fraction of sp³-hybridized carbons (Fsp3) is 0.634. The second-order valence-corrected chi connectivity index (χ2v) is 19.3. The number of aromatic nitrogens is 1. The molecule has 4 heterocycles. The van der Waals surface area contributed by atoms with Crippen molar-refractivity contribution in [3.8, 4) is 11.6 Å². The van der Waals surface area contributed by atoms with Crippen LogP contribution in [0.15, 0.2) is 36.5 Å². The number of rotatable bonds is 9. The van der Waals surface area contributed by atoms with Crippen LogP contribution >= 0.6 is 0 Å². The monoisotopic (exact) mass is 899 g/mol. The lowest BCUT2D eigenvalue weighted by molar-refractivity contribution is -0.372. The first-order valence-electron chi connectivity index (χ1n) is 20.7. The van der Waals surface area contributed by atoms with Gasteiger partial charge in [-0.1, -0.05) is 26.0 Å². The summed E-state index contributed by atoms with van der Waals surface area (Å²) in [4.78, 5) is 62.2. The van der Waals surface area contributed by atoms with Crippen molar-refractivity contribution in [2.24, 2.45) is 17.8 Å². The number of hydrogen-bond donors (Lipinski definition) is 3. The van der Waals surface area contributed by atoms with Gasteiger partial charge in [-0.2, -0.15) is 13.2 Å². The fourth-order valence-electron chi connectivity index (χ4n) is 8.74. The van der Waals surface area contributed by atoms with Gasteiger partial charge in [-0.25, -0.2) is 27.0 Å². The lowest BCUT2D eigenvalue weighted by atomic mass is 9.88. The molecule has 340 valence electrons. The van der Waals surface area contributed by atoms with Crippen LogP contribution < -0.4 is 24.8 Å². The summed E-state index contributed by atoms with van der Waals surface area (Å²) >= 11 is 0. The first-order valence-corrected chi connectivity index (χ1v) is 22.2. The molecule has 3 N–H and O–H groups in total. The summed E-state index contributed by atoms with van der Waals surface area (Å²) in [5.74, 6) is -8.51. The largest absolute Gasteiger partial charge is 0.494 e. The Hall–Kier alpha value is -4.79. The number of pyridine rings is 1. The molecule has 0 radical (unpaired) electrons. The maximum atomic E-state index is 14.9. The second-order valence-electron chi connectivity index (χ2n) is 17.2. The van der Waals surface area contributed by atoms with E-state index in [-0.39, 0.29) is 74.6 Å². The SMILES string of the molecule is COc1cc2ccnc(O[C@@H]3C[C@H]4C(=O)N[C@]5(C(=O)NS(=O)(=O)C6(CF)CC6)C[C@H]5/C=C\CC[C@@H](C)C[C@@H](C)[C@H](NC(=O)OC5(C(F)(F)F)CCCCO5)C(=O)N4C3)c2cc1F. The van der Waals surface area contributed by atoms with Gasteiger partial charge in [-0.05, 0) is 86.8 Å².